The van der Waals surface area contributed by atoms with E-state index in [-0.39, 0.29) is 6.10 Å². The summed E-state index contributed by atoms with van der Waals surface area (Å²) in [5.41, 5.74) is 8.56. The molecule has 140 valence electrons. The monoisotopic (exact) mass is 384 g/mol. The largest absolute Gasteiger partial charge is 0.490 e. The lowest BCUT2D eigenvalue weighted by Crippen LogP contribution is -2.42. The van der Waals surface area contributed by atoms with Crippen molar-refractivity contribution < 1.29 is 9.47 Å². The zero-order valence-electron chi connectivity index (χ0n) is 15.1. The van der Waals surface area contributed by atoms with E-state index in [1.807, 2.05) is 36.4 Å². The number of hydrogen-bond acceptors (Lipinski definition) is 6. The molecular formula is C20H21ClN4O2. The number of hydrogen-bond donors (Lipinski definition) is 1. The highest BCUT2D eigenvalue weighted by Crippen LogP contribution is 2.38. The topological polar surface area (TPSA) is 73.5 Å². The summed E-state index contributed by atoms with van der Waals surface area (Å²) >= 11 is 6.22. The number of aromatic nitrogens is 2. The summed E-state index contributed by atoms with van der Waals surface area (Å²) < 4.78 is 12.0. The second kappa shape index (κ2) is 7.68. The highest BCUT2D eigenvalue weighted by atomic mass is 35.5. The van der Waals surface area contributed by atoms with Crippen LogP contribution in [0.25, 0.3) is 22.0 Å². The quantitative estimate of drug-likeness (QED) is 0.744. The summed E-state index contributed by atoms with van der Waals surface area (Å²) in [4.78, 5) is 10.8. The fraction of sp³-hybridized carbons (Fsp3) is 0.300. The molecule has 1 saturated heterocycles. The van der Waals surface area contributed by atoms with E-state index in [2.05, 4.69) is 21.9 Å². The van der Waals surface area contributed by atoms with Crippen molar-refractivity contribution in [3.63, 3.8) is 0 Å². The Labute approximate surface area is 162 Å². The number of nitrogens with two attached hydrogens (primary N) is 1. The molecule has 0 saturated carbocycles. The van der Waals surface area contributed by atoms with Crippen LogP contribution in [0.2, 0.25) is 5.02 Å². The number of anilines is 1. The van der Waals surface area contributed by atoms with Crippen molar-refractivity contribution >= 4 is 28.3 Å². The van der Waals surface area contributed by atoms with Gasteiger partial charge in [0.05, 0.1) is 17.7 Å². The van der Waals surface area contributed by atoms with Gasteiger partial charge in [0.25, 0.3) is 0 Å². The first kappa shape index (κ1) is 18.0. The first-order valence-corrected chi connectivity index (χ1v) is 9.21. The van der Waals surface area contributed by atoms with Crippen molar-refractivity contribution in [2.75, 3.05) is 39.1 Å². The van der Waals surface area contributed by atoms with Crippen molar-refractivity contribution in [1.82, 2.24) is 14.9 Å². The van der Waals surface area contributed by atoms with E-state index in [9.17, 15) is 0 Å². The molecule has 2 heterocycles. The molecule has 0 spiro atoms. The van der Waals surface area contributed by atoms with Crippen LogP contribution >= 0.6 is 11.6 Å². The molecule has 1 atom stereocenters. The Hall–Kier alpha value is -2.41. The van der Waals surface area contributed by atoms with E-state index >= 15 is 0 Å². The molecule has 1 aliphatic heterocycles. The zero-order valence-corrected chi connectivity index (χ0v) is 15.8. The van der Waals surface area contributed by atoms with Crippen LogP contribution in [-0.4, -0.2) is 54.3 Å². The summed E-state index contributed by atoms with van der Waals surface area (Å²) in [7, 11) is 2.09. The lowest BCUT2D eigenvalue weighted by atomic mass is 10.0. The maximum atomic E-state index is 6.22. The normalized spacial score (nSPS) is 17.9. The fourth-order valence-corrected chi connectivity index (χ4v) is 3.52. The molecule has 7 heteroatoms. The summed E-state index contributed by atoms with van der Waals surface area (Å²) in [6, 6.07) is 11.4. The van der Waals surface area contributed by atoms with Crippen LogP contribution in [0.3, 0.4) is 0 Å². The summed E-state index contributed by atoms with van der Waals surface area (Å²) in [6.45, 7) is 2.96. The summed E-state index contributed by atoms with van der Waals surface area (Å²) in [5, 5.41) is 1.43. The van der Waals surface area contributed by atoms with E-state index in [0.29, 0.717) is 24.1 Å². The number of ether oxygens (including phenoxy) is 2. The lowest BCUT2D eigenvalue weighted by Gasteiger charge is -2.30. The van der Waals surface area contributed by atoms with Gasteiger partial charge in [0.2, 0.25) is 0 Å². The van der Waals surface area contributed by atoms with Crippen molar-refractivity contribution in [2.45, 2.75) is 6.10 Å². The number of nitrogen functional groups attached to an aromatic ring is 1. The number of morpholine rings is 1. The van der Waals surface area contributed by atoms with Gasteiger partial charge in [-0.05, 0) is 36.9 Å². The molecule has 0 amide bonds. The number of likely N-dealkylation sites (N-methyl/N-ethyl adjacent to an activating group) is 1. The second-order valence-corrected chi connectivity index (χ2v) is 7.11. The molecule has 4 rings (SSSR count). The molecule has 0 aliphatic carbocycles. The van der Waals surface area contributed by atoms with Crippen LogP contribution < -0.4 is 10.5 Å². The van der Waals surface area contributed by atoms with Crippen molar-refractivity contribution in [3.8, 4) is 16.9 Å². The first-order chi connectivity index (χ1) is 13.1. The Bertz CT molecular complexity index is 966. The average molecular weight is 385 g/mol. The molecule has 1 aliphatic rings. The minimum Gasteiger partial charge on any atom is -0.490 e. The predicted octanol–water partition coefficient (Wildman–Crippen LogP) is 3.24. The van der Waals surface area contributed by atoms with Crippen LogP contribution in [0.1, 0.15) is 0 Å². The Morgan fingerprint density at radius 2 is 2.19 bits per heavy atom. The fourth-order valence-electron chi connectivity index (χ4n) is 3.33. The van der Waals surface area contributed by atoms with Crippen molar-refractivity contribution in [2.24, 2.45) is 0 Å². The standard InChI is InChI=1S/C20H21ClN4O2/c1-25-7-8-26-15(10-25)11-27-17-6-5-16-19(23-12-24-20(16)22)18(17)13-3-2-4-14(21)9-13/h2-6,9,12,15H,7-8,10-11H2,1H3,(H2,22,23,24)/t15-/m1/s1. The maximum absolute atomic E-state index is 6.22. The van der Waals surface area contributed by atoms with Crippen LogP contribution in [0, 0.1) is 0 Å². The summed E-state index contributed by atoms with van der Waals surface area (Å²) in [6.07, 6.45) is 1.50. The van der Waals surface area contributed by atoms with Gasteiger partial charge in [-0.25, -0.2) is 9.97 Å². The minimum absolute atomic E-state index is 0.0297. The molecule has 6 nitrogen and oxygen atoms in total. The number of nitrogens with zero attached hydrogens (tertiary/aromatic N) is 3. The predicted molar refractivity (Wildman–Crippen MR) is 107 cm³/mol. The van der Waals surface area contributed by atoms with Gasteiger partial charge < -0.3 is 20.1 Å². The third-order valence-electron chi connectivity index (χ3n) is 4.68. The lowest BCUT2D eigenvalue weighted by molar-refractivity contribution is -0.0402. The third kappa shape index (κ3) is 3.83. The minimum atomic E-state index is 0.0297. The third-order valence-corrected chi connectivity index (χ3v) is 4.91. The van der Waals surface area contributed by atoms with E-state index in [1.165, 1.54) is 6.33 Å². The second-order valence-electron chi connectivity index (χ2n) is 6.67. The van der Waals surface area contributed by atoms with Crippen LogP contribution in [0.4, 0.5) is 5.82 Å². The number of benzene rings is 2. The molecule has 0 radical (unpaired) electrons. The highest BCUT2D eigenvalue weighted by molar-refractivity contribution is 6.31. The molecule has 2 aromatic carbocycles. The Kier molecular flexibility index (Phi) is 5.11. The molecular weight excluding hydrogens is 364 g/mol. The van der Waals surface area contributed by atoms with Gasteiger partial charge in [0.15, 0.2) is 0 Å². The van der Waals surface area contributed by atoms with Crippen molar-refractivity contribution in [1.29, 1.82) is 0 Å². The molecule has 0 unspecified atom stereocenters. The molecule has 3 aromatic rings. The molecule has 1 fully saturated rings. The van der Waals surface area contributed by atoms with Gasteiger partial charge in [-0.3, -0.25) is 0 Å². The number of rotatable bonds is 4. The van der Waals surface area contributed by atoms with Crippen LogP contribution in [-0.2, 0) is 4.74 Å². The highest BCUT2D eigenvalue weighted by Gasteiger charge is 2.20. The number of halogens is 1. The smallest absolute Gasteiger partial charge is 0.134 e. The van der Waals surface area contributed by atoms with Crippen LogP contribution in [0.5, 0.6) is 5.75 Å². The van der Waals surface area contributed by atoms with Gasteiger partial charge in [-0.2, -0.15) is 0 Å². The Morgan fingerprint density at radius 1 is 1.30 bits per heavy atom. The van der Waals surface area contributed by atoms with E-state index < -0.39 is 0 Å². The van der Waals surface area contributed by atoms with Gasteiger partial charge in [-0.15, -0.1) is 0 Å². The zero-order chi connectivity index (χ0) is 18.8. The van der Waals surface area contributed by atoms with Gasteiger partial charge in [0, 0.05) is 23.5 Å². The van der Waals surface area contributed by atoms with Crippen LogP contribution in [0.15, 0.2) is 42.7 Å². The van der Waals surface area contributed by atoms with Gasteiger partial charge in [-0.1, -0.05) is 23.7 Å². The molecule has 2 N–H and O–H groups in total. The maximum Gasteiger partial charge on any atom is 0.134 e. The average Bonchev–Trinajstić information content (AvgIpc) is 2.66. The molecule has 0 bridgehead atoms. The molecule has 1 aromatic heterocycles. The first-order valence-electron chi connectivity index (χ1n) is 8.84. The van der Waals surface area contributed by atoms with Gasteiger partial charge in [0.1, 0.15) is 30.6 Å². The van der Waals surface area contributed by atoms with E-state index in [0.717, 1.165) is 40.9 Å². The summed E-state index contributed by atoms with van der Waals surface area (Å²) in [5.74, 6) is 1.16. The number of fused-ring (bicyclic) bond motifs is 1. The van der Waals surface area contributed by atoms with E-state index in [1.54, 1.807) is 0 Å². The molecule has 27 heavy (non-hydrogen) atoms. The van der Waals surface area contributed by atoms with Crippen molar-refractivity contribution in [3.05, 3.63) is 47.7 Å². The van der Waals surface area contributed by atoms with Gasteiger partial charge >= 0.3 is 0 Å². The van der Waals surface area contributed by atoms with E-state index in [4.69, 9.17) is 26.8 Å². The Balaban J connectivity index is 1.74. The SMILES string of the molecule is CN1CCO[C@@H](COc2ccc3c(N)ncnc3c2-c2cccc(Cl)c2)C1. The Morgan fingerprint density at radius 3 is 3.00 bits per heavy atom.